The number of nitriles is 1. The summed E-state index contributed by atoms with van der Waals surface area (Å²) < 4.78 is 0. The van der Waals surface area contributed by atoms with E-state index in [9.17, 15) is 4.79 Å². The van der Waals surface area contributed by atoms with Gasteiger partial charge >= 0.3 is 6.03 Å². The molecule has 0 aliphatic carbocycles. The maximum atomic E-state index is 12.0. The van der Waals surface area contributed by atoms with Gasteiger partial charge in [0.1, 0.15) is 0 Å². The molecule has 18 heavy (non-hydrogen) atoms. The van der Waals surface area contributed by atoms with E-state index in [2.05, 4.69) is 16.4 Å². The lowest BCUT2D eigenvalue weighted by Crippen LogP contribution is -2.37. The summed E-state index contributed by atoms with van der Waals surface area (Å²) in [5.74, 6) is -0.171. The van der Waals surface area contributed by atoms with E-state index in [-0.39, 0.29) is 11.9 Å². The lowest BCUT2D eigenvalue weighted by atomic mass is 10.2. The van der Waals surface area contributed by atoms with Crippen LogP contribution in [-0.2, 0) is 0 Å². The van der Waals surface area contributed by atoms with Crippen molar-refractivity contribution in [2.24, 2.45) is 5.92 Å². The zero-order chi connectivity index (χ0) is 13.5. The molecule has 1 rings (SSSR count). The highest BCUT2D eigenvalue weighted by Gasteiger charge is 2.14. The lowest BCUT2D eigenvalue weighted by Gasteiger charge is -2.22. The van der Waals surface area contributed by atoms with Gasteiger partial charge in [-0.2, -0.15) is 5.26 Å². The van der Waals surface area contributed by atoms with Crippen LogP contribution in [0, 0.1) is 24.2 Å². The van der Waals surface area contributed by atoms with Gasteiger partial charge in [0.05, 0.1) is 12.0 Å². The van der Waals surface area contributed by atoms with Crippen LogP contribution in [0.15, 0.2) is 18.3 Å². The molecule has 0 bridgehead atoms. The fraction of sp³-hybridized carbons (Fsp3) is 0.462. The lowest BCUT2D eigenvalue weighted by molar-refractivity contribution is 0.210. The van der Waals surface area contributed by atoms with Crippen molar-refractivity contribution >= 4 is 11.7 Å². The van der Waals surface area contributed by atoms with Crippen LogP contribution >= 0.6 is 0 Å². The van der Waals surface area contributed by atoms with Gasteiger partial charge in [-0.1, -0.05) is 0 Å². The number of anilines is 1. The summed E-state index contributed by atoms with van der Waals surface area (Å²) in [7, 11) is 0. The standard InChI is InChI=1S/C13H18N4O/c1-4-17(9-10(2)8-14)13(18)16-12-5-6-15-11(3)7-12/h5-7,10H,4,9H2,1-3H3,(H,15,16,18)/t10-/m1/s1. The molecule has 0 radical (unpaired) electrons. The first kappa shape index (κ1) is 14.0. The van der Waals surface area contributed by atoms with Gasteiger partial charge in [0.25, 0.3) is 0 Å². The fourth-order valence-corrected chi connectivity index (χ4v) is 1.55. The van der Waals surface area contributed by atoms with Gasteiger partial charge in [-0.3, -0.25) is 4.98 Å². The van der Waals surface area contributed by atoms with Gasteiger partial charge in [-0.15, -0.1) is 0 Å². The Hall–Kier alpha value is -2.09. The molecule has 1 aromatic rings. The second-order valence-electron chi connectivity index (χ2n) is 4.18. The predicted octanol–water partition coefficient (Wildman–Crippen LogP) is 2.40. The Labute approximate surface area is 107 Å². The number of urea groups is 1. The highest BCUT2D eigenvalue weighted by Crippen LogP contribution is 2.09. The van der Waals surface area contributed by atoms with Crippen molar-refractivity contribution in [1.29, 1.82) is 5.26 Å². The number of hydrogen-bond acceptors (Lipinski definition) is 3. The first-order valence-electron chi connectivity index (χ1n) is 5.95. The molecule has 0 aliphatic rings. The molecule has 0 saturated heterocycles. The molecule has 96 valence electrons. The Morgan fingerprint density at radius 2 is 2.39 bits per heavy atom. The molecular formula is C13H18N4O. The van der Waals surface area contributed by atoms with Crippen molar-refractivity contribution in [2.75, 3.05) is 18.4 Å². The minimum atomic E-state index is -0.190. The topological polar surface area (TPSA) is 69.0 Å². The molecule has 5 nitrogen and oxygen atoms in total. The van der Waals surface area contributed by atoms with Gasteiger partial charge in [0.2, 0.25) is 0 Å². The highest BCUT2D eigenvalue weighted by molar-refractivity contribution is 5.89. The number of aromatic nitrogens is 1. The van der Waals surface area contributed by atoms with Crippen LogP contribution in [0.1, 0.15) is 19.5 Å². The Kier molecular flexibility index (Phi) is 5.12. The van der Waals surface area contributed by atoms with E-state index in [0.717, 1.165) is 11.4 Å². The maximum Gasteiger partial charge on any atom is 0.321 e. The first-order valence-corrected chi connectivity index (χ1v) is 5.95. The number of nitrogens with zero attached hydrogens (tertiary/aromatic N) is 3. The third-order valence-corrected chi connectivity index (χ3v) is 2.53. The number of rotatable bonds is 4. The molecule has 1 aromatic heterocycles. The van der Waals surface area contributed by atoms with Crippen molar-refractivity contribution in [2.45, 2.75) is 20.8 Å². The normalized spacial score (nSPS) is 11.4. The smallest absolute Gasteiger partial charge is 0.321 e. The average molecular weight is 246 g/mol. The summed E-state index contributed by atoms with van der Waals surface area (Å²) in [5.41, 5.74) is 1.57. The zero-order valence-corrected chi connectivity index (χ0v) is 11.0. The number of aryl methyl sites for hydroxylation is 1. The summed E-state index contributed by atoms with van der Waals surface area (Å²) in [6, 6.07) is 5.48. The van der Waals surface area contributed by atoms with E-state index in [4.69, 9.17) is 5.26 Å². The number of hydrogen-bond donors (Lipinski definition) is 1. The minimum Gasteiger partial charge on any atom is -0.324 e. The fourth-order valence-electron chi connectivity index (χ4n) is 1.55. The van der Waals surface area contributed by atoms with Gasteiger partial charge in [0.15, 0.2) is 0 Å². The van der Waals surface area contributed by atoms with Crippen molar-refractivity contribution in [3.63, 3.8) is 0 Å². The van der Waals surface area contributed by atoms with Crippen LogP contribution in [0.5, 0.6) is 0 Å². The Bertz CT molecular complexity index is 453. The van der Waals surface area contributed by atoms with Gasteiger partial charge < -0.3 is 10.2 Å². The molecule has 5 heteroatoms. The van der Waals surface area contributed by atoms with Crippen LogP contribution in [-0.4, -0.2) is 29.0 Å². The molecule has 1 heterocycles. The molecule has 0 unspecified atom stereocenters. The molecule has 2 amide bonds. The van der Waals surface area contributed by atoms with E-state index in [1.165, 1.54) is 0 Å². The molecule has 0 fully saturated rings. The maximum absolute atomic E-state index is 12.0. The number of amides is 2. The van der Waals surface area contributed by atoms with E-state index in [1.54, 1.807) is 30.2 Å². The van der Waals surface area contributed by atoms with E-state index in [0.29, 0.717) is 13.1 Å². The Morgan fingerprint density at radius 1 is 1.67 bits per heavy atom. The van der Waals surface area contributed by atoms with Crippen molar-refractivity contribution in [3.8, 4) is 6.07 Å². The van der Waals surface area contributed by atoms with Crippen molar-refractivity contribution < 1.29 is 4.79 Å². The van der Waals surface area contributed by atoms with Gasteiger partial charge in [-0.25, -0.2) is 4.79 Å². The molecule has 1 N–H and O–H groups in total. The van der Waals surface area contributed by atoms with Crippen molar-refractivity contribution in [1.82, 2.24) is 9.88 Å². The number of carbonyl (C=O) groups is 1. The van der Waals surface area contributed by atoms with Crippen LogP contribution in [0.3, 0.4) is 0 Å². The number of carbonyl (C=O) groups excluding carboxylic acids is 1. The Balaban J connectivity index is 2.66. The molecular weight excluding hydrogens is 228 g/mol. The van der Waals surface area contributed by atoms with Crippen LogP contribution in [0.25, 0.3) is 0 Å². The van der Waals surface area contributed by atoms with E-state index in [1.807, 2.05) is 13.8 Å². The number of pyridine rings is 1. The second-order valence-corrected chi connectivity index (χ2v) is 4.18. The summed E-state index contributed by atoms with van der Waals surface area (Å²) >= 11 is 0. The van der Waals surface area contributed by atoms with Gasteiger partial charge in [0, 0.05) is 30.7 Å². The van der Waals surface area contributed by atoms with Crippen LogP contribution < -0.4 is 5.32 Å². The van der Waals surface area contributed by atoms with Crippen molar-refractivity contribution in [3.05, 3.63) is 24.0 Å². The van der Waals surface area contributed by atoms with Gasteiger partial charge in [-0.05, 0) is 32.9 Å². The molecule has 0 spiro atoms. The Morgan fingerprint density at radius 3 is 2.94 bits per heavy atom. The average Bonchev–Trinajstić information content (AvgIpc) is 2.35. The largest absolute Gasteiger partial charge is 0.324 e. The molecule has 0 saturated carbocycles. The minimum absolute atomic E-state index is 0.171. The zero-order valence-electron chi connectivity index (χ0n) is 11.0. The summed E-state index contributed by atoms with van der Waals surface area (Å²) in [5, 5.41) is 11.6. The molecule has 0 aromatic carbocycles. The second kappa shape index (κ2) is 6.60. The monoisotopic (exact) mass is 246 g/mol. The molecule has 1 atom stereocenters. The summed E-state index contributed by atoms with van der Waals surface area (Å²) in [4.78, 5) is 17.7. The van der Waals surface area contributed by atoms with E-state index >= 15 is 0 Å². The van der Waals surface area contributed by atoms with Crippen LogP contribution in [0.4, 0.5) is 10.5 Å². The molecule has 0 aliphatic heterocycles. The van der Waals surface area contributed by atoms with Crippen LogP contribution in [0.2, 0.25) is 0 Å². The first-order chi connectivity index (χ1) is 8.56. The highest BCUT2D eigenvalue weighted by atomic mass is 16.2. The number of nitrogens with one attached hydrogen (secondary N) is 1. The SMILES string of the molecule is CCN(C[C@H](C)C#N)C(=O)Nc1ccnc(C)c1. The predicted molar refractivity (Wildman–Crippen MR) is 70.0 cm³/mol. The quantitative estimate of drug-likeness (QED) is 0.886. The van der Waals surface area contributed by atoms with E-state index < -0.39 is 0 Å². The third-order valence-electron chi connectivity index (χ3n) is 2.53. The summed E-state index contributed by atoms with van der Waals surface area (Å²) in [6.45, 7) is 6.56. The summed E-state index contributed by atoms with van der Waals surface area (Å²) in [6.07, 6.45) is 1.65. The third kappa shape index (κ3) is 4.06.